The van der Waals surface area contributed by atoms with E-state index in [1.807, 2.05) is 60.7 Å². The molecule has 4 heteroatoms. The molecule has 2 saturated carbocycles. The third-order valence-electron chi connectivity index (χ3n) is 6.25. The Balaban J connectivity index is 1.32. The first-order chi connectivity index (χ1) is 13.7. The number of benzene rings is 2. The molecule has 0 radical (unpaired) electrons. The minimum absolute atomic E-state index is 0.226. The molecule has 2 aromatic rings. The number of amides is 1. The maximum absolute atomic E-state index is 12.5. The number of fused-ring (bicyclic) bond motifs is 2. The number of carbonyl (C=O) groups is 2. The molecule has 146 valence electrons. The molecule has 4 nitrogen and oxygen atoms in total. The topological polar surface area (TPSA) is 55.4 Å². The van der Waals surface area contributed by atoms with Gasteiger partial charge in [-0.2, -0.15) is 0 Å². The molecule has 4 rings (SSSR count). The van der Waals surface area contributed by atoms with Crippen molar-refractivity contribution in [3.8, 4) is 0 Å². The van der Waals surface area contributed by atoms with Crippen LogP contribution in [-0.4, -0.2) is 18.5 Å². The molecule has 2 aliphatic rings. The number of carbonyl (C=O) groups excluding carboxylic acids is 2. The van der Waals surface area contributed by atoms with E-state index >= 15 is 0 Å². The molecule has 2 aromatic carbocycles. The highest BCUT2D eigenvalue weighted by molar-refractivity contribution is 5.81. The van der Waals surface area contributed by atoms with Crippen LogP contribution in [0.4, 0.5) is 0 Å². The fourth-order valence-electron chi connectivity index (χ4n) is 4.90. The van der Waals surface area contributed by atoms with Gasteiger partial charge < -0.3 is 10.1 Å². The number of hydrogen-bond acceptors (Lipinski definition) is 3. The van der Waals surface area contributed by atoms with Crippen LogP contribution in [0.25, 0.3) is 0 Å². The van der Waals surface area contributed by atoms with Gasteiger partial charge in [0.2, 0.25) is 0 Å². The molecule has 1 amide bonds. The van der Waals surface area contributed by atoms with Gasteiger partial charge >= 0.3 is 5.97 Å². The SMILES string of the molecule is O=C(COC(=O)C[C@H]1C[C@@H]2CC[C@@H]1C2)NC(c1ccccc1)c1ccccc1. The average Bonchev–Trinajstić information content (AvgIpc) is 3.35. The van der Waals surface area contributed by atoms with E-state index in [1.165, 1.54) is 19.3 Å². The van der Waals surface area contributed by atoms with Gasteiger partial charge in [-0.15, -0.1) is 0 Å². The molecule has 28 heavy (non-hydrogen) atoms. The van der Waals surface area contributed by atoms with E-state index in [9.17, 15) is 9.59 Å². The van der Waals surface area contributed by atoms with Gasteiger partial charge in [0.1, 0.15) is 0 Å². The highest BCUT2D eigenvalue weighted by Crippen LogP contribution is 2.49. The molecule has 0 saturated heterocycles. The normalized spacial score (nSPS) is 23.0. The van der Waals surface area contributed by atoms with E-state index < -0.39 is 0 Å². The lowest BCUT2D eigenvalue weighted by Crippen LogP contribution is -2.33. The molecule has 0 spiro atoms. The summed E-state index contributed by atoms with van der Waals surface area (Å²) < 4.78 is 5.30. The Morgan fingerprint density at radius 3 is 2.11 bits per heavy atom. The fourth-order valence-corrected chi connectivity index (χ4v) is 4.90. The standard InChI is InChI=1S/C24H27NO3/c26-22(16-28-23(27)15-21-14-17-11-12-20(21)13-17)25-24(18-7-3-1-4-8-18)19-9-5-2-6-10-19/h1-10,17,20-21,24H,11-16H2,(H,25,26)/t17-,20-,21-/m1/s1. The van der Waals surface area contributed by atoms with Gasteiger partial charge in [0.15, 0.2) is 6.61 Å². The number of rotatable bonds is 7. The van der Waals surface area contributed by atoms with Crippen LogP contribution in [-0.2, 0) is 14.3 Å². The largest absolute Gasteiger partial charge is 0.456 e. The van der Waals surface area contributed by atoms with E-state index in [1.54, 1.807) is 0 Å². The van der Waals surface area contributed by atoms with Crippen LogP contribution in [0.5, 0.6) is 0 Å². The van der Waals surface area contributed by atoms with Gasteiger partial charge in [0, 0.05) is 6.42 Å². The zero-order valence-electron chi connectivity index (χ0n) is 16.1. The summed E-state index contributed by atoms with van der Waals surface area (Å²) in [7, 11) is 0. The Hall–Kier alpha value is -2.62. The predicted molar refractivity (Wildman–Crippen MR) is 107 cm³/mol. The van der Waals surface area contributed by atoms with E-state index in [-0.39, 0.29) is 24.5 Å². The van der Waals surface area contributed by atoms with Crippen molar-refractivity contribution in [1.82, 2.24) is 5.32 Å². The molecule has 0 heterocycles. The molecule has 2 aliphatic carbocycles. The lowest BCUT2D eigenvalue weighted by Gasteiger charge is -2.21. The van der Waals surface area contributed by atoms with Crippen molar-refractivity contribution in [1.29, 1.82) is 0 Å². The Kier molecular flexibility index (Phi) is 5.75. The lowest BCUT2D eigenvalue weighted by atomic mass is 9.86. The number of ether oxygens (including phenoxy) is 1. The second-order valence-corrected chi connectivity index (χ2v) is 8.12. The summed E-state index contributed by atoms with van der Waals surface area (Å²) in [6.07, 6.45) is 5.44. The van der Waals surface area contributed by atoms with Crippen LogP contribution in [0.1, 0.15) is 49.3 Å². The molecule has 2 bridgehead atoms. The summed E-state index contributed by atoms with van der Waals surface area (Å²) in [6, 6.07) is 19.4. The fraction of sp³-hybridized carbons (Fsp3) is 0.417. The summed E-state index contributed by atoms with van der Waals surface area (Å²) in [4.78, 5) is 24.7. The lowest BCUT2D eigenvalue weighted by molar-refractivity contribution is -0.150. The van der Waals surface area contributed by atoms with E-state index in [4.69, 9.17) is 4.74 Å². The second-order valence-electron chi connectivity index (χ2n) is 8.12. The van der Waals surface area contributed by atoms with E-state index in [0.29, 0.717) is 18.3 Å². The minimum Gasteiger partial charge on any atom is -0.456 e. The van der Waals surface area contributed by atoms with Crippen LogP contribution >= 0.6 is 0 Å². The monoisotopic (exact) mass is 377 g/mol. The van der Waals surface area contributed by atoms with Gasteiger partial charge in [-0.3, -0.25) is 9.59 Å². The quantitative estimate of drug-likeness (QED) is 0.734. The Morgan fingerprint density at radius 2 is 1.57 bits per heavy atom. The van der Waals surface area contributed by atoms with Crippen LogP contribution in [0.15, 0.2) is 60.7 Å². The highest BCUT2D eigenvalue weighted by atomic mass is 16.5. The summed E-state index contributed by atoms with van der Waals surface area (Å²) >= 11 is 0. The zero-order valence-corrected chi connectivity index (χ0v) is 16.1. The van der Waals surface area contributed by atoms with Crippen LogP contribution in [0, 0.1) is 17.8 Å². The van der Waals surface area contributed by atoms with Crippen LogP contribution in [0.2, 0.25) is 0 Å². The smallest absolute Gasteiger partial charge is 0.306 e. The first-order valence-electron chi connectivity index (χ1n) is 10.2. The second kappa shape index (κ2) is 8.59. The number of esters is 1. The Bertz CT molecular complexity index is 766. The highest BCUT2D eigenvalue weighted by Gasteiger charge is 2.40. The summed E-state index contributed by atoms with van der Waals surface area (Å²) in [5, 5.41) is 3.01. The summed E-state index contributed by atoms with van der Waals surface area (Å²) in [5.74, 6) is 1.42. The zero-order chi connectivity index (χ0) is 19.3. The maximum atomic E-state index is 12.5. The van der Waals surface area contributed by atoms with Gasteiger partial charge in [0.25, 0.3) is 5.91 Å². The molecule has 2 fully saturated rings. The average molecular weight is 377 g/mol. The van der Waals surface area contributed by atoms with Gasteiger partial charge in [-0.05, 0) is 48.1 Å². The Labute approximate surface area is 166 Å². The van der Waals surface area contributed by atoms with Crippen molar-refractivity contribution < 1.29 is 14.3 Å². The van der Waals surface area contributed by atoms with Crippen LogP contribution < -0.4 is 5.32 Å². The summed E-state index contributed by atoms with van der Waals surface area (Å²) in [5.41, 5.74) is 1.99. The van der Waals surface area contributed by atoms with Gasteiger partial charge in [-0.1, -0.05) is 67.1 Å². The molecular formula is C24H27NO3. The van der Waals surface area contributed by atoms with Crippen molar-refractivity contribution in [2.45, 2.75) is 38.1 Å². The molecule has 0 aromatic heterocycles. The first-order valence-corrected chi connectivity index (χ1v) is 10.2. The van der Waals surface area contributed by atoms with Gasteiger partial charge in [0.05, 0.1) is 6.04 Å². The predicted octanol–water partition coefficient (Wildman–Crippen LogP) is 4.26. The van der Waals surface area contributed by atoms with E-state index in [0.717, 1.165) is 23.5 Å². The van der Waals surface area contributed by atoms with Crippen molar-refractivity contribution in [2.75, 3.05) is 6.61 Å². The van der Waals surface area contributed by atoms with Crippen molar-refractivity contribution >= 4 is 11.9 Å². The summed E-state index contributed by atoms with van der Waals surface area (Å²) in [6.45, 7) is -0.226. The first kappa shape index (κ1) is 18.7. The maximum Gasteiger partial charge on any atom is 0.306 e. The third-order valence-corrected chi connectivity index (χ3v) is 6.25. The molecule has 0 aliphatic heterocycles. The number of hydrogen-bond donors (Lipinski definition) is 1. The van der Waals surface area contributed by atoms with Crippen LogP contribution in [0.3, 0.4) is 0 Å². The Morgan fingerprint density at radius 1 is 0.929 bits per heavy atom. The molecule has 3 atom stereocenters. The molecule has 0 unspecified atom stereocenters. The molecule has 1 N–H and O–H groups in total. The van der Waals surface area contributed by atoms with Crippen molar-refractivity contribution in [2.24, 2.45) is 17.8 Å². The van der Waals surface area contributed by atoms with Crippen molar-refractivity contribution in [3.05, 3.63) is 71.8 Å². The van der Waals surface area contributed by atoms with Crippen molar-refractivity contribution in [3.63, 3.8) is 0 Å². The molecular weight excluding hydrogens is 350 g/mol. The third kappa shape index (κ3) is 4.44. The number of nitrogens with one attached hydrogen (secondary N) is 1. The minimum atomic E-state index is -0.279. The van der Waals surface area contributed by atoms with Gasteiger partial charge in [-0.25, -0.2) is 0 Å². The van der Waals surface area contributed by atoms with E-state index in [2.05, 4.69) is 5.32 Å².